The van der Waals surface area contributed by atoms with E-state index in [0.717, 1.165) is 6.42 Å². The molecule has 8 heteroatoms. The Morgan fingerprint density at radius 2 is 1.77 bits per heavy atom. The zero-order valence-corrected chi connectivity index (χ0v) is 17.7. The smallest absolute Gasteiger partial charge is 0.339 e. The first-order chi connectivity index (χ1) is 14.5. The summed E-state index contributed by atoms with van der Waals surface area (Å²) < 4.78 is 16.4. The topological polar surface area (TPSA) is 82.1 Å². The van der Waals surface area contributed by atoms with Crippen molar-refractivity contribution < 1.29 is 28.6 Å². The summed E-state index contributed by atoms with van der Waals surface area (Å²) in [4.78, 5) is 39.0. The zero-order valence-electron chi connectivity index (χ0n) is 16.9. The molecule has 2 aromatic rings. The maximum atomic E-state index is 12.5. The minimum absolute atomic E-state index is 0.0623. The summed E-state index contributed by atoms with van der Waals surface area (Å²) in [6.07, 6.45) is 0.771. The number of fused-ring (bicyclic) bond motifs is 1. The average Bonchev–Trinajstić information content (AvgIpc) is 3.00. The minimum atomic E-state index is -0.613. The molecule has 0 bridgehead atoms. The summed E-state index contributed by atoms with van der Waals surface area (Å²) >= 11 is 1.25. The van der Waals surface area contributed by atoms with Crippen LogP contribution >= 0.6 is 11.8 Å². The fourth-order valence-corrected chi connectivity index (χ4v) is 3.68. The first kappa shape index (κ1) is 21.7. The van der Waals surface area contributed by atoms with Crippen molar-refractivity contribution in [2.24, 2.45) is 0 Å². The Balaban J connectivity index is 1.62. The Morgan fingerprint density at radius 1 is 1.03 bits per heavy atom. The minimum Gasteiger partial charge on any atom is -0.490 e. The van der Waals surface area contributed by atoms with Crippen molar-refractivity contribution in [3.63, 3.8) is 0 Å². The highest BCUT2D eigenvalue weighted by molar-refractivity contribution is 8.00. The molecular formula is C22H23NO6S. The molecule has 158 valence electrons. The quantitative estimate of drug-likeness (QED) is 0.380. The molecule has 0 atom stereocenters. The second kappa shape index (κ2) is 10.2. The van der Waals surface area contributed by atoms with Crippen molar-refractivity contribution in [2.75, 3.05) is 39.7 Å². The van der Waals surface area contributed by atoms with E-state index in [0.29, 0.717) is 40.7 Å². The number of esters is 1. The van der Waals surface area contributed by atoms with Crippen LogP contribution in [-0.4, -0.2) is 62.2 Å². The van der Waals surface area contributed by atoms with Gasteiger partial charge in [-0.1, -0.05) is 12.1 Å². The SMILES string of the molecule is CN(C)C(=O)CSc1ccccc1C(=O)OCC(=O)c1ccc2c(c1)OCCCO2. The number of nitrogens with zero attached hydrogens (tertiary/aromatic N) is 1. The van der Waals surface area contributed by atoms with Crippen LogP contribution < -0.4 is 9.47 Å². The number of rotatable bonds is 7. The molecule has 0 spiro atoms. The van der Waals surface area contributed by atoms with Gasteiger partial charge in [-0.25, -0.2) is 4.79 Å². The first-order valence-corrected chi connectivity index (χ1v) is 10.5. The maximum Gasteiger partial charge on any atom is 0.339 e. The third kappa shape index (κ3) is 5.54. The largest absolute Gasteiger partial charge is 0.490 e. The number of Topliss-reactive ketones (excluding diaryl/α,β-unsaturated/α-hetero) is 1. The van der Waals surface area contributed by atoms with Gasteiger partial charge in [0.1, 0.15) is 0 Å². The number of carbonyl (C=O) groups is 3. The Kier molecular flexibility index (Phi) is 7.35. The van der Waals surface area contributed by atoms with Crippen LogP contribution in [0.25, 0.3) is 0 Å². The van der Waals surface area contributed by atoms with Gasteiger partial charge < -0.3 is 19.1 Å². The van der Waals surface area contributed by atoms with E-state index in [9.17, 15) is 14.4 Å². The second-order valence-corrected chi connectivity index (χ2v) is 7.80. The van der Waals surface area contributed by atoms with Crippen LogP contribution in [0.15, 0.2) is 47.4 Å². The Labute approximate surface area is 179 Å². The Hall–Kier alpha value is -3.00. The van der Waals surface area contributed by atoms with Gasteiger partial charge in [0.2, 0.25) is 5.91 Å². The molecule has 2 aromatic carbocycles. The highest BCUT2D eigenvalue weighted by atomic mass is 32.2. The molecule has 0 aromatic heterocycles. The van der Waals surface area contributed by atoms with Crippen LogP contribution in [0.1, 0.15) is 27.1 Å². The van der Waals surface area contributed by atoms with E-state index in [-0.39, 0.29) is 17.4 Å². The molecule has 0 saturated carbocycles. The van der Waals surface area contributed by atoms with Crippen LogP contribution in [0, 0.1) is 0 Å². The van der Waals surface area contributed by atoms with Crippen LogP contribution in [-0.2, 0) is 9.53 Å². The molecule has 0 saturated heterocycles. The van der Waals surface area contributed by atoms with E-state index < -0.39 is 12.6 Å². The second-order valence-electron chi connectivity index (χ2n) is 6.78. The average molecular weight is 429 g/mol. The number of amides is 1. The molecule has 1 aliphatic rings. The standard InChI is InChI=1S/C22H23NO6S/c1-23(2)21(25)14-30-20-7-4-3-6-16(20)22(26)29-13-17(24)15-8-9-18-19(12-15)28-11-5-10-27-18/h3-4,6-9,12H,5,10-11,13-14H2,1-2H3. The van der Waals surface area contributed by atoms with Crippen molar-refractivity contribution >= 4 is 29.4 Å². The van der Waals surface area contributed by atoms with Crippen molar-refractivity contribution in [1.82, 2.24) is 4.90 Å². The van der Waals surface area contributed by atoms with E-state index in [4.69, 9.17) is 14.2 Å². The number of benzene rings is 2. The van der Waals surface area contributed by atoms with E-state index in [2.05, 4.69) is 0 Å². The fourth-order valence-electron chi connectivity index (χ4n) is 2.66. The molecule has 0 fully saturated rings. The summed E-state index contributed by atoms with van der Waals surface area (Å²) in [6.45, 7) is 0.688. The van der Waals surface area contributed by atoms with Crippen molar-refractivity contribution in [3.05, 3.63) is 53.6 Å². The van der Waals surface area contributed by atoms with Crippen LogP contribution in [0.2, 0.25) is 0 Å². The summed E-state index contributed by atoms with van der Waals surface area (Å²) in [5.41, 5.74) is 0.701. The highest BCUT2D eigenvalue weighted by Crippen LogP contribution is 2.30. The lowest BCUT2D eigenvalue weighted by atomic mass is 10.1. The molecular weight excluding hydrogens is 406 g/mol. The molecule has 3 rings (SSSR count). The third-order valence-corrected chi connectivity index (χ3v) is 5.42. The lowest BCUT2D eigenvalue weighted by molar-refractivity contribution is -0.125. The van der Waals surface area contributed by atoms with Crippen molar-refractivity contribution in [3.8, 4) is 11.5 Å². The molecule has 30 heavy (non-hydrogen) atoms. The zero-order chi connectivity index (χ0) is 21.5. The molecule has 1 aliphatic heterocycles. The van der Waals surface area contributed by atoms with E-state index >= 15 is 0 Å². The lowest BCUT2D eigenvalue weighted by Gasteiger charge is -2.12. The van der Waals surface area contributed by atoms with Gasteiger partial charge in [0.15, 0.2) is 23.9 Å². The monoisotopic (exact) mass is 429 g/mol. The summed E-state index contributed by atoms with van der Waals surface area (Å²) in [6, 6.07) is 11.8. The van der Waals surface area contributed by atoms with Gasteiger partial charge in [-0.05, 0) is 30.3 Å². The van der Waals surface area contributed by atoms with E-state index in [1.807, 2.05) is 0 Å². The molecule has 7 nitrogen and oxygen atoms in total. The van der Waals surface area contributed by atoms with Gasteiger partial charge in [0.25, 0.3) is 0 Å². The van der Waals surface area contributed by atoms with Crippen molar-refractivity contribution in [1.29, 1.82) is 0 Å². The van der Waals surface area contributed by atoms with Crippen LogP contribution in [0.3, 0.4) is 0 Å². The normalized spacial score (nSPS) is 12.6. The highest BCUT2D eigenvalue weighted by Gasteiger charge is 2.18. The Bertz CT molecular complexity index is 943. The fraction of sp³-hybridized carbons (Fsp3) is 0.318. The van der Waals surface area contributed by atoms with Gasteiger partial charge in [-0.3, -0.25) is 9.59 Å². The number of ketones is 1. The first-order valence-electron chi connectivity index (χ1n) is 9.47. The van der Waals surface area contributed by atoms with Crippen LogP contribution in [0.5, 0.6) is 11.5 Å². The van der Waals surface area contributed by atoms with Gasteiger partial charge >= 0.3 is 5.97 Å². The van der Waals surface area contributed by atoms with Crippen LogP contribution in [0.4, 0.5) is 0 Å². The summed E-state index contributed by atoms with van der Waals surface area (Å²) in [5.74, 6) is 0.293. The maximum absolute atomic E-state index is 12.5. The predicted molar refractivity (Wildman–Crippen MR) is 113 cm³/mol. The lowest BCUT2D eigenvalue weighted by Crippen LogP contribution is -2.23. The number of carbonyl (C=O) groups excluding carboxylic acids is 3. The molecule has 0 N–H and O–H groups in total. The Morgan fingerprint density at radius 3 is 2.53 bits per heavy atom. The number of hydrogen-bond donors (Lipinski definition) is 0. The number of ether oxygens (including phenoxy) is 3. The predicted octanol–water partition coefficient (Wildman–Crippen LogP) is 3.07. The van der Waals surface area contributed by atoms with Gasteiger partial charge in [-0.2, -0.15) is 0 Å². The molecule has 1 heterocycles. The van der Waals surface area contributed by atoms with Gasteiger partial charge in [0.05, 0.1) is 24.5 Å². The van der Waals surface area contributed by atoms with E-state index in [1.165, 1.54) is 16.7 Å². The molecule has 1 amide bonds. The van der Waals surface area contributed by atoms with Gasteiger partial charge in [0, 0.05) is 31.0 Å². The van der Waals surface area contributed by atoms with Gasteiger partial charge in [-0.15, -0.1) is 11.8 Å². The summed E-state index contributed by atoms with van der Waals surface area (Å²) in [5, 5.41) is 0. The molecule has 0 radical (unpaired) electrons. The third-order valence-electron chi connectivity index (χ3n) is 4.36. The molecule has 0 aliphatic carbocycles. The molecule has 0 unspecified atom stereocenters. The summed E-state index contributed by atoms with van der Waals surface area (Å²) in [7, 11) is 3.35. The van der Waals surface area contributed by atoms with E-state index in [1.54, 1.807) is 56.6 Å². The van der Waals surface area contributed by atoms with Crippen molar-refractivity contribution in [2.45, 2.75) is 11.3 Å². The number of hydrogen-bond acceptors (Lipinski definition) is 7. The number of thioether (sulfide) groups is 1.